The number of amides is 1. The van der Waals surface area contributed by atoms with E-state index >= 15 is 0 Å². The van der Waals surface area contributed by atoms with Crippen molar-refractivity contribution < 1.29 is 14.3 Å². The Morgan fingerprint density at radius 2 is 1.91 bits per heavy atom. The zero-order valence-electron chi connectivity index (χ0n) is 20.3. The Morgan fingerprint density at radius 3 is 2.62 bits per heavy atom. The summed E-state index contributed by atoms with van der Waals surface area (Å²) < 4.78 is 13.3. The van der Waals surface area contributed by atoms with Crippen molar-refractivity contribution in [3.63, 3.8) is 0 Å². The summed E-state index contributed by atoms with van der Waals surface area (Å²) in [6.45, 7) is 9.67. The number of carbonyl (C=O) groups excluding carboxylic acids is 1. The third kappa shape index (κ3) is 4.36. The van der Waals surface area contributed by atoms with Gasteiger partial charge in [-0.25, -0.2) is 0 Å². The molecule has 1 aromatic carbocycles. The van der Waals surface area contributed by atoms with E-state index in [2.05, 4.69) is 23.9 Å². The highest BCUT2D eigenvalue weighted by molar-refractivity contribution is 6.07. The fourth-order valence-electron chi connectivity index (χ4n) is 5.23. The summed E-state index contributed by atoms with van der Waals surface area (Å²) in [5.41, 5.74) is 2.96. The first kappa shape index (κ1) is 23.1. The van der Waals surface area contributed by atoms with Crippen LogP contribution in [0.1, 0.15) is 61.5 Å². The lowest BCUT2D eigenvalue weighted by Gasteiger charge is -2.32. The Balaban J connectivity index is 1.48. The maximum absolute atomic E-state index is 13.5. The van der Waals surface area contributed by atoms with Crippen LogP contribution in [-0.4, -0.2) is 64.6 Å². The largest absolute Gasteiger partial charge is 0.381 e. The SMILES string of the molecule is Cc1cc2[nH]c(=O)c3cnn(C4CCOCC4)c3c2cc1C(=O)N1CCC(COC(C)C)CC1. The summed E-state index contributed by atoms with van der Waals surface area (Å²) in [6, 6.07) is 4.06. The standard InChI is InChI=1S/C26H34N4O4/c1-16(2)34-15-18-4-8-29(9-5-18)26(32)20-13-21-23(12-17(20)3)28-25(31)22-14-27-30(24(21)22)19-6-10-33-11-7-19/h12-14,16,18-19H,4-11,15H2,1-3H3,(H,28,31). The Bertz CT molecular complexity index is 1250. The van der Waals surface area contributed by atoms with Crippen molar-refractivity contribution in [2.45, 2.75) is 58.6 Å². The van der Waals surface area contributed by atoms with E-state index in [4.69, 9.17) is 9.47 Å². The summed E-state index contributed by atoms with van der Waals surface area (Å²) in [5, 5.41) is 6.02. The van der Waals surface area contributed by atoms with Gasteiger partial charge in [-0.15, -0.1) is 0 Å². The number of hydrogen-bond acceptors (Lipinski definition) is 5. The number of ether oxygens (including phenoxy) is 2. The molecule has 8 heteroatoms. The lowest BCUT2D eigenvalue weighted by Crippen LogP contribution is -2.39. The molecule has 0 aliphatic carbocycles. The number of fused-ring (bicyclic) bond motifs is 3. The number of H-pyrrole nitrogens is 1. The molecule has 182 valence electrons. The fraction of sp³-hybridized carbons (Fsp3) is 0.577. The predicted molar refractivity (Wildman–Crippen MR) is 131 cm³/mol. The number of piperidine rings is 1. The van der Waals surface area contributed by atoms with E-state index in [1.54, 1.807) is 6.20 Å². The van der Waals surface area contributed by atoms with Crippen LogP contribution in [0.15, 0.2) is 23.1 Å². The number of aromatic amines is 1. The Labute approximate surface area is 199 Å². The minimum atomic E-state index is -0.148. The van der Waals surface area contributed by atoms with E-state index in [-0.39, 0.29) is 23.6 Å². The summed E-state index contributed by atoms with van der Waals surface area (Å²) in [7, 11) is 0. The molecule has 0 atom stereocenters. The van der Waals surface area contributed by atoms with Crippen molar-refractivity contribution in [3.05, 3.63) is 39.8 Å². The van der Waals surface area contributed by atoms with Gasteiger partial charge in [-0.2, -0.15) is 5.10 Å². The first-order valence-corrected chi connectivity index (χ1v) is 12.4. The molecule has 2 aliphatic rings. The van der Waals surface area contributed by atoms with Crippen molar-refractivity contribution in [1.82, 2.24) is 19.7 Å². The molecule has 4 heterocycles. The van der Waals surface area contributed by atoms with E-state index in [0.29, 0.717) is 30.1 Å². The quantitative estimate of drug-likeness (QED) is 0.618. The maximum Gasteiger partial charge on any atom is 0.259 e. The van der Waals surface area contributed by atoms with Crippen LogP contribution >= 0.6 is 0 Å². The zero-order valence-corrected chi connectivity index (χ0v) is 20.3. The third-order valence-electron chi connectivity index (χ3n) is 7.24. The molecule has 1 amide bonds. The van der Waals surface area contributed by atoms with Crippen molar-refractivity contribution in [2.24, 2.45) is 5.92 Å². The number of pyridine rings is 1. The van der Waals surface area contributed by atoms with Gasteiger partial charge >= 0.3 is 0 Å². The Morgan fingerprint density at radius 1 is 1.18 bits per heavy atom. The van der Waals surface area contributed by atoms with E-state index in [9.17, 15) is 9.59 Å². The molecule has 2 aliphatic heterocycles. The summed E-state index contributed by atoms with van der Waals surface area (Å²) in [6.07, 6.45) is 5.51. The highest BCUT2D eigenvalue weighted by Gasteiger charge is 2.26. The van der Waals surface area contributed by atoms with Gasteiger partial charge < -0.3 is 19.4 Å². The highest BCUT2D eigenvalue weighted by atomic mass is 16.5. The second kappa shape index (κ2) is 9.50. The summed E-state index contributed by atoms with van der Waals surface area (Å²) >= 11 is 0. The summed E-state index contributed by atoms with van der Waals surface area (Å²) in [4.78, 5) is 31.3. The molecule has 0 radical (unpaired) electrons. The lowest BCUT2D eigenvalue weighted by molar-refractivity contribution is 0.0286. The number of aryl methyl sites for hydroxylation is 1. The number of nitrogens with one attached hydrogen (secondary N) is 1. The molecule has 0 unspecified atom stereocenters. The van der Waals surface area contributed by atoms with Gasteiger partial charge in [0, 0.05) is 43.9 Å². The molecule has 2 fully saturated rings. The van der Waals surface area contributed by atoms with Gasteiger partial charge in [0.25, 0.3) is 11.5 Å². The number of aromatic nitrogens is 3. The van der Waals surface area contributed by atoms with Crippen LogP contribution in [0.25, 0.3) is 21.8 Å². The van der Waals surface area contributed by atoms with Gasteiger partial charge in [0.2, 0.25) is 0 Å². The van der Waals surface area contributed by atoms with Crippen LogP contribution in [0.3, 0.4) is 0 Å². The maximum atomic E-state index is 13.5. The number of likely N-dealkylation sites (tertiary alicyclic amines) is 1. The molecule has 3 aromatic rings. The monoisotopic (exact) mass is 466 g/mol. The highest BCUT2D eigenvalue weighted by Crippen LogP contribution is 2.30. The van der Waals surface area contributed by atoms with E-state index in [0.717, 1.165) is 67.4 Å². The fourth-order valence-corrected chi connectivity index (χ4v) is 5.23. The van der Waals surface area contributed by atoms with Crippen LogP contribution < -0.4 is 5.56 Å². The Kier molecular flexibility index (Phi) is 6.44. The Hall–Kier alpha value is -2.71. The molecule has 0 spiro atoms. The van der Waals surface area contributed by atoms with Crippen LogP contribution in [0.4, 0.5) is 0 Å². The average molecular weight is 467 g/mol. The molecule has 34 heavy (non-hydrogen) atoms. The van der Waals surface area contributed by atoms with E-state index in [1.165, 1.54) is 0 Å². The van der Waals surface area contributed by atoms with Crippen LogP contribution in [0.5, 0.6) is 0 Å². The van der Waals surface area contributed by atoms with Crippen molar-refractivity contribution in [2.75, 3.05) is 32.9 Å². The number of nitrogens with zero attached hydrogens (tertiary/aromatic N) is 3. The smallest absolute Gasteiger partial charge is 0.259 e. The molecule has 0 bridgehead atoms. The first-order valence-electron chi connectivity index (χ1n) is 12.4. The number of hydrogen-bond donors (Lipinski definition) is 1. The number of benzene rings is 1. The normalized spacial score (nSPS) is 18.4. The van der Waals surface area contributed by atoms with E-state index < -0.39 is 0 Å². The second-order valence-electron chi connectivity index (χ2n) is 9.98. The molecule has 0 saturated carbocycles. The van der Waals surface area contributed by atoms with Gasteiger partial charge in [-0.3, -0.25) is 14.3 Å². The average Bonchev–Trinajstić information content (AvgIpc) is 3.29. The third-order valence-corrected chi connectivity index (χ3v) is 7.24. The van der Waals surface area contributed by atoms with Crippen molar-refractivity contribution in [1.29, 1.82) is 0 Å². The van der Waals surface area contributed by atoms with Gasteiger partial charge in [0.15, 0.2) is 0 Å². The predicted octanol–water partition coefficient (Wildman–Crippen LogP) is 3.81. The van der Waals surface area contributed by atoms with Crippen molar-refractivity contribution in [3.8, 4) is 0 Å². The number of rotatable bonds is 5. The first-order chi connectivity index (χ1) is 16.4. The molecule has 2 aromatic heterocycles. The van der Waals surface area contributed by atoms with Crippen LogP contribution in [0.2, 0.25) is 0 Å². The second-order valence-corrected chi connectivity index (χ2v) is 9.98. The molecule has 8 nitrogen and oxygen atoms in total. The van der Waals surface area contributed by atoms with Crippen LogP contribution in [0, 0.1) is 12.8 Å². The van der Waals surface area contributed by atoms with Crippen molar-refractivity contribution >= 4 is 27.7 Å². The molecule has 1 N–H and O–H groups in total. The number of carbonyl (C=O) groups is 1. The van der Waals surface area contributed by atoms with E-state index in [1.807, 2.05) is 28.6 Å². The van der Waals surface area contributed by atoms with Gasteiger partial charge in [0.1, 0.15) is 0 Å². The molecule has 2 saturated heterocycles. The topological polar surface area (TPSA) is 89.4 Å². The van der Waals surface area contributed by atoms with Gasteiger partial charge in [-0.05, 0) is 70.1 Å². The minimum Gasteiger partial charge on any atom is -0.381 e. The van der Waals surface area contributed by atoms with Gasteiger partial charge in [-0.1, -0.05) is 0 Å². The van der Waals surface area contributed by atoms with Crippen LogP contribution in [-0.2, 0) is 9.47 Å². The molecular weight excluding hydrogens is 432 g/mol. The molecule has 5 rings (SSSR count). The zero-order chi connectivity index (χ0) is 23.8. The lowest BCUT2D eigenvalue weighted by atomic mass is 9.96. The molecular formula is C26H34N4O4. The minimum absolute atomic E-state index is 0.0547. The van der Waals surface area contributed by atoms with Gasteiger partial charge in [0.05, 0.1) is 34.8 Å². The summed E-state index contributed by atoms with van der Waals surface area (Å²) in [5.74, 6) is 0.557.